The van der Waals surface area contributed by atoms with Gasteiger partial charge in [-0.2, -0.15) is 0 Å². The molecule has 5 heterocycles. The van der Waals surface area contributed by atoms with Gasteiger partial charge in [-0.3, -0.25) is 9.79 Å². The monoisotopic (exact) mass is 566 g/mol. The van der Waals surface area contributed by atoms with Crippen LogP contribution in [0.3, 0.4) is 0 Å². The quantitative estimate of drug-likeness (QED) is 0.287. The Morgan fingerprint density at radius 2 is 1.74 bits per heavy atom. The highest BCUT2D eigenvalue weighted by Crippen LogP contribution is 2.41. The molecule has 0 saturated heterocycles. The van der Waals surface area contributed by atoms with Gasteiger partial charge in [-0.1, -0.05) is 26.5 Å². The average Bonchev–Trinajstić information content (AvgIpc) is 3.61. The first-order valence-corrected chi connectivity index (χ1v) is 14.0. The van der Waals surface area contributed by atoms with Crippen molar-refractivity contribution in [1.29, 1.82) is 0 Å². The van der Waals surface area contributed by atoms with E-state index in [0.29, 0.717) is 34.8 Å². The summed E-state index contributed by atoms with van der Waals surface area (Å²) in [5.74, 6) is -2.73. The van der Waals surface area contributed by atoms with Crippen molar-refractivity contribution in [3.63, 3.8) is 0 Å². The lowest BCUT2D eigenvalue weighted by atomic mass is 9.82. The summed E-state index contributed by atoms with van der Waals surface area (Å²) in [6.07, 6.45) is 9.23. The molecule has 8 bridgehead atoms. The fraction of sp³-hybridized carbons (Fsp3) is 0.303. The van der Waals surface area contributed by atoms with Gasteiger partial charge in [0.2, 0.25) is 0 Å². The summed E-state index contributed by atoms with van der Waals surface area (Å²) in [6.45, 7) is 13.7. The van der Waals surface area contributed by atoms with Gasteiger partial charge in [-0.05, 0) is 74.1 Å². The number of carboxylic acids is 2. The Labute approximate surface area is 244 Å². The fourth-order valence-electron chi connectivity index (χ4n) is 6.19. The SMILES string of the molecule is C=Cc1c2[nH]c(c1C)C=C1N=C(C(=CO)C3=NC(=CC4=NC(=C2)C(C)=C4CC)C(C)=C3C(=O)O)[C@H](CCC(=O)O)[C@H]1C. The Morgan fingerprint density at radius 1 is 1.02 bits per heavy atom. The number of allylic oxidation sites excluding steroid dienone is 6. The average molecular weight is 567 g/mol. The molecule has 4 aliphatic rings. The molecule has 0 fully saturated rings. The maximum absolute atomic E-state index is 12.5. The van der Waals surface area contributed by atoms with Crippen LogP contribution in [0.25, 0.3) is 18.2 Å². The molecule has 1 aromatic heterocycles. The Balaban J connectivity index is 1.84. The molecule has 0 aliphatic carbocycles. The largest absolute Gasteiger partial charge is 0.515 e. The Kier molecular flexibility index (Phi) is 7.45. The predicted molar refractivity (Wildman–Crippen MR) is 166 cm³/mol. The molecule has 0 amide bonds. The van der Waals surface area contributed by atoms with Gasteiger partial charge in [0.1, 0.15) is 0 Å². The molecule has 0 unspecified atom stereocenters. The van der Waals surface area contributed by atoms with Crippen LogP contribution in [-0.4, -0.2) is 49.4 Å². The predicted octanol–water partition coefficient (Wildman–Crippen LogP) is 6.60. The van der Waals surface area contributed by atoms with Gasteiger partial charge < -0.3 is 20.3 Å². The number of nitrogens with zero attached hydrogens (tertiary/aromatic N) is 3. The van der Waals surface area contributed by atoms with Crippen molar-refractivity contribution in [2.24, 2.45) is 26.8 Å². The number of carboxylic acid groups (broad SMARTS) is 2. The van der Waals surface area contributed by atoms with Crippen LogP contribution in [0.4, 0.5) is 0 Å². The lowest BCUT2D eigenvalue weighted by molar-refractivity contribution is -0.137. The molecule has 0 saturated carbocycles. The van der Waals surface area contributed by atoms with Crippen LogP contribution in [0.15, 0.2) is 78.9 Å². The van der Waals surface area contributed by atoms with Gasteiger partial charge in [-0.25, -0.2) is 14.8 Å². The van der Waals surface area contributed by atoms with Crippen molar-refractivity contribution < 1.29 is 24.9 Å². The number of H-pyrrole nitrogens is 1. The second-order valence-corrected chi connectivity index (χ2v) is 10.9. The molecule has 2 atom stereocenters. The summed E-state index contributed by atoms with van der Waals surface area (Å²) < 4.78 is 0. The number of aliphatic carboxylic acids is 2. The molecule has 216 valence electrons. The highest BCUT2D eigenvalue weighted by molar-refractivity contribution is 6.39. The van der Waals surface area contributed by atoms with Crippen molar-refractivity contribution >= 4 is 47.3 Å². The molecule has 0 spiro atoms. The first-order chi connectivity index (χ1) is 20.0. The molecule has 4 N–H and O–H groups in total. The highest BCUT2D eigenvalue weighted by atomic mass is 16.4. The number of carbonyl (C=O) groups is 2. The number of rotatable bonds is 6. The number of aromatic amines is 1. The maximum atomic E-state index is 12.5. The van der Waals surface area contributed by atoms with E-state index in [-0.39, 0.29) is 41.5 Å². The molecule has 9 nitrogen and oxygen atoms in total. The lowest BCUT2D eigenvalue weighted by Gasteiger charge is -2.19. The molecular weight excluding hydrogens is 532 g/mol. The lowest BCUT2D eigenvalue weighted by Crippen LogP contribution is -2.25. The summed E-state index contributed by atoms with van der Waals surface area (Å²) in [7, 11) is 0. The van der Waals surface area contributed by atoms with Crippen LogP contribution in [0, 0.1) is 18.8 Å². The first kappa shape index (κ1) is 28.7. The minimum absolute atomic E-state index is 0.0381. The number of hydrogen-bond acceptors (Lipinski definition) is 6. The zero-order valence-corrected chi connectivity index (χ0v) is 24.4. The van der Waals surface area contributed by atoms with Gasteiger partial charge in [0.15, 0.2) is 0 Å². The summed E-state index contributed by atoms with van der Waals surface area (Å²) in [4.78, 5) is 42.2. The normalized spacial score (nSPS) is 22.5. The molecular formula is C33H34N4O5. The fourth-order valence-corrected chi connectivity index (χ4v) is 6.19. The Hall–Kier alpha value is -4.79. The number of fused-ring (bicyclic) bond motifs is 5. The minimum atomic E-state index is -1.18. The molecule has 42 heavy (non-hydrogen) atoms. The number of aliphatic hydroxyl groups excluding tert-OH is 1. The summed E-state index contributed by atoms with van der Waals surface area (Å²) in [5.41, 5.74) is 9.31. The second-order valence-electron chi connectivity index (χ2n) is 10.9. The summed E-state index contributed by atoms with van der Waals surface area (Å²) in [5, 5.41) is 30.3. The van der Waals surface area contributed by atoms with Crippen LogP contribution in [0.1, 0.15) is 69.5 Å². The standard InChI is InChI=1S/C33H34N4O5/c1-7-19-15(3)23-11-25-17(5)21(9-10-29(39)40)31(36-25)22(14-38)32-30(33(41)42)18(6)26(37-32)13-28-20(8-2)16(4)24(35-28)12-27(19)34-23/h7,11-14,17,21,34,38H,1,8-10H2,2-6H3,(H,39,40)(H,41,42)/t17-,21-/m1/s1. The third-order valence-corrected chi connectivity index (χ3v) is 8.60. The zero-order valence-electron chi connectivity index (χ0n) is 24.4. The van der Waals surface area contributed by atoms with Crippen LogP contribution in [-0.2, 0) is 9.59 Å². The molecule has 5 rings (SSSR count). The van der Waals surface area contributed by atoms with Crippen molar-refractivity contribution in [3.05, 3.63) is 86.4 Å². The van der Waals surface area contributed by atoms with Crippen LogP contribution in [0.2, 0.25) is 0 Å². The molecule has 4 aliphatic heterocycles. The van der Waals surface area contributed by atoms with Gasteiger partial charge in [0.25, 0.3) is 0 Å². The summed E-state index contributed by atoms with van der Waals surface area (Å²) >= 11 is 0. The van der Waals surface area contributed by atoms with E-state index in [1.807, 2.05) is 39.8 Å². The molecule has 0 aromatic carbocycles. The van der Waals surface area contributed by atoms with E-state index in [1.54, 1.807) is 19.1 Å². The van der Waals surface area contributed by atoms with Crippen molar-refractivity contribution in [3.8, 4) is 0 Å². The van der Waals surface area contributed by atoms with Gasteiger partial charge in [-0.15, -0.1) is 0 Å². The smallest absolute Gasteiger partial charge is 0.338 e. The van der Waals surface area contributed by atoms with Crippen molar-refractivity contribution in [1.82, 2.24) is 4.98 Å². The number of aromatic nitrogens is 1. The van der Waals surface area contributed by atoms with Crippen LogP contribution < -0.4 is 0 Å². The van der Waals surface area contributed by atoms with E-state index in [1.165, 1.54) is 0 Å². The van der Waals surface area contributed by atoms with Crippen molar-refractivity contribution in [2.75, 3.05) is 0 Å². The number of aliphatic imine (C=N–C) groups is 3. The number of nitrogens with one attached hydrogen (secondary N) is 1. The van der Waals surface area contributed by atoms with Gasteiger partial charge >= 0.3 is 11.9 Å². The van der Waals surface area contributed by atoms with E-state index in [2.05, 4.69) is 11.6 Å². The molecule has 9 heteroatoms. The second kappa shape index (κ2) is 10.9. The molecule has 0 radical (unpaired) electrons. The van der Waals surface area contributed by atoms with E-state index in [0.717, 1.165) is 45.6 Å². The third kappa shape index (κ3) is 4.64. The van der Waals surface area contributed by atoms with E-state index in [9.17, 15) is 24.9 Å². The highest BCUT2D eigenvalue weighted by Gasteiger charge is 2.39. The third-order valence-electron chi connectivity index (χ3n) is 8.60. The van der Waals surface area contributed by atoms with Gasteiger partial charge in [0.05, 0.1) is 45.9 Å². The van der Waals surface area contributed by atoms with Crippen LogP contribution >= 0.6 is 0 Å². The van der Waals surface area contributed by atoms with Gasteiger partial charge in [0, 0.05) is 40.9 Å². The Morgan fingerprint density at radius 3 is 2.36 bits per heavy atom. The number of aliphatic hydroxyl groups is 1. The topological polar surface area (TPSA) is 148 Å². The summed E-state index contributed by atoms with van der Waals surface area (Å²) in [6, 6.07) is 0. The molecule has 1 aromatic rings. The van der Waals surface area contributed by atoms with Crippen molar-refractivity contribution in [2.45, 2.75) is 53.9 Å². The van der Waals surface area contributed by atoms with E-state index >= 15 is 0 Å². The van der Waals surface area contributed by atoms with E-state index < -0.39 is 11.9 Å². The minimum Gasteiger partial charge on any atom is -0.515 e. The Bertz CT molecular complexity index is 1730. The van der Waals surface area contributed by atoms with E-state index in [4.69, 9.17) is 15.0 Å². The maximum Gasteiger partial charge on any atom is 0.338 e. The van der Waals surface area contributed by atoms with Crippen LogP contribution in [0.5, 0.6) is 0 Å². The number of hydrogen-bond donors (Lipinski definition) is 4. The first-order valence-electron chi connectivity index (χ1n) is 14.0. The zero-order chi connectivity index (χ0) is 30.5.